The van der Waals surface area contributed by atoms with Crippen LogP contribution in [0.4, 0.5) is 15.9 Å². The van der Waals surface area contributed by atoms with Crippen LogP contribution in [0.25, 0.3) is 0 Å². The predicted molar refractivity (Wildman–Crippen MR) is 106 cm³/mol. The standard InChI is InChI=1S/C21H26FN3O3/c1-14-10-19(25-7-6-16-11-18(22)5-4-17(16)12-25)23-15(2)21(14)24-20(26)13-28-9-8-27-3/h4-5,10-11H,6-9,12-13H2,1-3H3,(H,24,26). The lowest BCUT2D eigenvalue weighted by Gasteiger charge is -2.30. The molecule has 0 aliphatic carbocycles. The summed E-state index contributed by atoms with van der Waals surface area (Å²) in [4.78, 5) is 19.0. The zero-order chi connectivity index (χ0) is 20.1. The summed E-state index contributed by atoms with van der Waals surface area (Å²) in [6.45, 7) is 6.11. The van der Waals surface area contributed by atoms with Crippen molar-refractivity contribution in [2.45, 2.75) is 26.8 Å². The third-order valence-electron chi connectivity index (χ3n) is 4.82. The van der Waals surface area contributed by atoms with Crippen molar-refractivity contribution in [3.05, 3.63) is 52.5 Å². The van der Waals surface area contributed by atoms with Gasteiger partial charge in [0.2, 0.25) is 5.91 Å². The summed E-state index contributed by atoms with van der Waals surface area (Å²) in [6, 6.07) is 6.93. The number of benzene rings is 1. The van der Waals surface area contributed by atoms with Crippen LogP contribution in [0.5, 0.6) is 0 Å². The highest BCUT2D eigenvalue weighted by Gasteiger charge is 2.20. The minimum Gasteiger partial charge on any atom is -0.382 e. The summed E-state index contributed by atoms with van der Waals surface area (Å²) in [5.74, 6) is 0.452. The number of aryl methyl sites for hydroxylation is 2. The second-order valence-electron chi connectivity index (χ2n) is 6.94. The van der Waals surface area contributed by atoms with E-state index in [2.05, 4.69) is 15.2 Å². The first-order valence-corrected chi connectivity index (χ1v) is 9.35. The normalized spacial score (nSPS) is 13.4. The molecule has 2 aromatic rings. The van der Waals surface area contributed by atoms with Gasteiger partial charge in [0.05, 0.1) is 24.6 Å². The van der Waals surface area contributed by atoms with Crippen LogP contribution < -0.4 is 10.2 Å². The molecule has 28 heavy (non-hydrogen) atoms. The molecular weight excluding hydrogens is 361 g/mol. The number of fused-ring (bicyclic) bond motifs is 1. The van der Waals surface area contributed by atoms with Crippen molar-refractivity contribution in [3.63, 3.8) is 0 Å². The zero-order valence-corrected chi connectivity index (χ0v) is 16.5. The average molecular weight is 387 g/mol. The van der Waals surface area contributed by atoms with E-state index in [1.807, 2.05) is 26.0 Å². The molecule has 2 heterocycles. The van der Waals surface area contributed by atoms with E-state index in [1.54, 1.807) is 13.2 Å². The smallest absolute Gasteiger partial charge is 0.250 e. The molecule has 6 nitrogen and oxygen atoms in total. The van der Waals surface area contributed by atoms with Crippen molar-refractivity contribution in [1.82, 2.24) is 4.98 Å². The van der Waals surface area contributed by atoms with Gasteiger partial charge < -0.3 is 19.7 Å². The Kier molecular flexibility index (Phi) is 6.59. The summed E-state index contributed by atoms with van der Waals surface area (Å²) in [5, 5.41) is 2.88. The van der Waals surface area contributed by atoms with E-state index in [9.17, 15) is 9.18 Å². The van der Waals surface area contributed by atoms with Crippen LogP contribution in [-0.4, -0.2) is 44.4 Å². The number of carbonyl (C=O) groups excluding carboxylic acids is 1. The Labute approximate surface area is 164 Å². The van der Waals surface area contributed by atoms with Gasteiger partial charge in [0.15, 0.2) is 0 Å². The van der Waals surface area contributed by atoms with E-state index in [1.165, 1.54) is 6.07 Å². The van der Waals surface area contributed by atoms with Crippen LogP contribution in [0.3, 0.4) is 0 Å². The number of anilines is 2. The van der Waals surface area contributed by atoms with Crippen molar-refractivity contribution in [2.24, 2.45) is 0 Å². The zero-order valence-electron chi connectivity index (χ0n) is 16.5. The highest BCUT2D eigenvalue weighted by atomic mass is 19.1. The lowest BCUT2D eigenvalue weighted by atomic mass is 9.99. The molecule has 0 spiro atoms. The number of ether oxygens (including phenoxy) is 2. The van der Waals surface area contributed by atoms with Crippen LogP contribution in [0.1, 0.15) is 22.4 Å². The lowest BCUT2D eigenvalue weighted by molar-refractivity contribution is -0.121. The number of methoxy groups -OCH3 is 1. The number of hydrogen-bond acceptors (Lipinski definition) is 5. The molecule has 1 aliphatic heterocycles. The van der Waals surface area contributed by atoms with Crippen LogP contribution >= 0.6 is 0 Å². The Bertz CT molecular complexity index is 834. The number of nitrogens with zero attached hydrogens (tertiary/aromatic N) is 2. The molecule has 1 amide bonds. The lowest BCUT2D eigenvalue weighted by Crippen LogP contribution is -2.31. The Hall–Kier alpha value is -2.51. The topological polar surface area (TPSA) is 63.7 Å². The Balaban J connectivity index is 1.68. The van der Waals surface area contributed by atoms with E-state index < -0.39 is 0 Å². The van der Waals surface area contributed by atoms with Crippen molar-refractivity contribution in [3.8, 4) is 0 Å². The highest BCUT2D eigenvalue weighted by molar-refractivity contribution is 5.93. The minimum atomic E-state index is -0.217. The van der Waals surface area contributed by atoms with Crippen LogP contribution in [0.2, 0.25) is 0 Å². The van der Waals surface area contributed by atoms with E-state index in [4.69, 9.17) is 9.47 Å². The Morgan fingerprint density at radius 3 is 2.82 bits per heavy atom. The average Bonchev–Trinajstić information content (AvgIpc) is 2.67. The van der Waals surface area contributed by atoms with Gasteiger partial charge in [-0.15, -0.1) is 0 Å². The van der Waals surface area contributed by atoms with Gasteiger partial charge in [0.1, 0.15) is 18.2 Å². The van der Waals surface area contributed by atoms with Crippen molar-refractivity contribution in [2.75, 3.05) is 43.7 Å². The molecule has 0 unspecified atom stereocenters. The molecule has 150 valence electrons. The van der Waals surface area contributed by atoms with Gasteiger partial charge in [0, 0.05) is 20.2 Å². The number of pyridine rings is 1. The third kappa shape index (κ3) is 4.85. The fourth-order valence-electron chi connectivity index (χ4n) is 3.36. The second kappa shape index (κ2) is 9.12. The number of nitrogens with one attached hydrogen (secondary N) is 1. The van der Waals surface area contributed by atoms with Crippen LogP contribution in [-0.2, 0) is 27.2 Å². The number of aromatic nitrogens is 1. The van der Waals surface area contributed by atoms with Crippen molar-refractivity contribution >= 4 is 17.4 Å². The largest absolute Gasteiger partial charge is 0.382 e. The number of hydrogen-bond donors (Lipinski definition) is 1. The molecule has 3 rings (SSSR count). The van der Waals surface area contributed by atoms with E-state index in [-0.39, 0.29) is 18.3 Å². The Morgan fingerprint density at radius 1 is 1.25 bits per heavy atom. The maximum Gasteiger partial charge on any atom is 0.250 e. The molecule has 0 radical (unpaired) electrons. The summed E-state index contributed by atoms with van der Waals surface area (Å²) in [7, 11) is 1.59. The summed E-state index contributed by atoms with van der Waals surface area (Å²) >= 11 is 0. The fourth-order valence-corrected chi connectivity index (χ4v) is 3.36. The second-order valence-corrected chi connectivity index (χ2v) is 6.94. The quantitative estimate of drug-likeness (QED) is 0.740. The minimum absolute atomic E-state index is 0.0243. The molecule has 0 fully saturated rings. The predicted octanol–water partition coefficient (Wildman–Crippen LogP) is 3.00. The van der Waals surface area contributed by atoms with Gasteiger partial charge >= 0.3 is 0 Å². The molecule has 1 aliphatic rings. The van der Waals surface area contributed by atoms with Crippen LogP contribution in [0, 0.1) is 19.7 Å². The first-order chi connectivity index (χ1) is 13.5. The van der Waals surface area contributed by atoms with Gasteiger partial charge in [-0.25, -0.2) is 9.37 Å². The third-order valence-corrected chi connectivity index (χ3v) is 4.82. The number of carbonyl (C=O) groups is 1. The van der Waals surface area contributed by atoms with Gasteiger partial charge in [-0.3, -0.25) is 4.79 Å². The molecule has 0 bridgehead atoms. The molecule has 1 N–H and O–H groups in total. The van der Waals surface area contributed by atoms with E-state index in [0.717, 1.165) is 41.2 Å². The maximum atomic E-state index is 13.4. The molecule has 7 heteroatoms. The maximum absolute atomic E-state index is 13.4. The van der Waals surface area contributed by atoms with E-state index in [0.29, 0.717) is 25.4 Å². The monoisotopic (exact) mass is 387 g/mol. The molecule has 1 aromatic carbocycles. The summed E-state index contributed by atoms with van der Waals surface area (Å²) < 4.78 is 23.6. The highest BCUT2D eigenvalue weighted by Crippen LogP contribution is 2.28. The van der Waals surface area contributed by atoms with Crippen LogP contribution in [0.15, 0.2) is 24.3 Å². The van der Waals surface area contributed by atoms with Gasteiger partial charge in [-0.05, 0) is 55.2 Å². The summed E-state index contributed by atoms with van der Waals surface area (Å²) in [5.41, 5.74) is 4.59. The number of halogens is 1. The molecule has 0 saturated carbocycles. The molecule has 1 aromatic heterocycles. The number of amides is 1. The Morgan fingerprint density at radius 2 is 2.07 bits per heavy atom. The molecule has 0 atom stereocenters. The van der Waals surface area contributed by atoms with Crippen molar-refractivity contribution < 1.29 is 18.7 Å². The van der Waals surface area contributed by atoms with Gasteiger partial charge in [-0.1, -0.05) is 6.07 Å². The molecule has 0 saturated heterocycles. The first-order valence-electron chi connectivity index (χ1n) is 9.35. The van der Waals surface area contributed by atoms with E-state index >= 15 is 0 Å². The first kappa shape index (κ1) is 20.2. The SMILES string of the molecule is COCCOCC(=O)Nc1c(C)cc(N2CCc3cc(F)ccc3C2)nc1C. The molecular formula is C21H26FN3O3. The number of rotatable bonds is 7. The fraction of sp³-hybridized carbons (Fsp3) is 0.429. The van der Waals surface area contributed by atoms with Gasteiger partial charge in [0.25, 0.3) is 0 Å². The van der Waals surface area contributed by atoms with Crippen molar-refractivity contribution in [1.29, 1.82) is 0 Å². The summed E-state index contributed by atoms with van der Waals surface area (Å²) in [6.07, 6.45) is 0.782. The van der Waals surface area contributed by atoms with Gasteiger partial charge in [-0.2, -0.15) is 0 Å².